The minimum Gasteiger partial charge on any atom is -0.355 e. The molecular weight excluding hydrogens is 546 g/mol. The lowest BCUT2D eigenvalue weighted by Gasteiger charge is -2.47. The molecule has 1 aromatic rings. The second-order valence-electron chi connectivity index (χ2n) is 8.05. The Bertz CT molecular complexity index is 786. The number of rotatable bonds is 4. The summed E-state index contributed by atoms with van der Waals surface area (Å²) in [4.78, 5) is 15.2. The third-order valence-electron chi connectivity index (χ3n) is 6.10. The number of fused-ring (bicyclic) bond motifs is 3. The molecule has 2 atom stereocenters. The molecule has 4 saturated heterocycles. The minimum absolute atomic E-state index is 0. The van der Waals surface area contributed by atoms with E-state index in [1.165, 1.54) is 0 Å². The number of pyridine rings is 1. The van der Waals surface area contributed by atoms with Gasteiger partial charge < -0.3 is 15.5 Å². The summed E-state index contributed by atoms with van der Waals surface area (Å²) in [6.07, 6.45) is -2.79. The van der Waals surface area contributed by atoms with E-state index in [2.05, 4.69) is 30.4 Å². The first-order valence-corrected chi connectivity index (χ1v) is 10.6. The highest BCUT2D eigenvalue weighted by molar-refractivity contribution is 14.0. The van der Waals surface area contributed by atoms with Gasteiger partial charge in [-0.15, -0.1) is 24.0 Å². The Labute approximate surface area is 202 Å². The Hall–Kier alpha value is -1.05. The molecule has 0 aromatic carbocycles. The molecule has 31 heavy (non-hydrogen) atoms. The molecule has 0 radical (unpaired) electrons. The van der Waals surface area contributed by atoms with Crippen molar-refractivity contribution < 1.29 is 13.2 Å². The molecule has 1 aromatic heterocycles. The van der Waals surface area contributed by atoms with Gasteiger partial charge in [0.25, 0.3) is 0 Å². The molecule has 4 aliphatic rings. The Morgan fingerprint density at radius 1 is 1.23 bits per heavy atom. The fourth-order valence-corrected chi connectivity index (χ4v) is 4.70. The molecule has 12 heteroatoms. The van der Waals surface area contributed by atoms with E-state index in [-0.39, 0.29) is 35.0 Å². The van der Waals surface area contributed by atoms with Crippen LogP contribution >= 0.6 is 35.6 Å². The normalized spacial score (nSPS) is 28.4. The van der Waals surface area contributed by atoms with Crippen molar-refractivity contribution in [2.75, 3.05) is 64.3 Å². The van der Waals surface area contributed by atoms with Crippen molar-refractivity contribution in [1.29, 1.82) is 0 Å². The maximum atomic E-state index is 12.8. The van der Waals surface area contributed by atoms with Crippen LogP contribution in [0.5, 0.6) is 0 Å². The van der Waals surface area contributed by atoms with Gasteiger partial charge in [-0.2, -0.15) is 13.2 Å². The van der Waals surface area contributed by atoms with Gasteiger partial charge in [0.2, 0.25) is 0 Å². The van der Waals surface area contributed by atoms with Crippen molar-refractivity contribution in [3.63, 3.8) is 0 Å². The zero-order valence-electron chi connectivity index (χ0n) is 17.3. The molecule has 2 bridgehead atoms. The molecule has 2 unspecified atom stereocenters. The first-order chi connectivity index (χ1) is 14.3. The van der Waals surface area contributed by atoms with Crippen LogP contribution in [0.2, 0.25) is 5.02 Å². The largest absolute Gasteiger partial charge is 0.417 e. The fourth-order valence-electron chi connectivity index (χ4n) is 4.41. The van der Waals surface area contributed by atoms with E-state index in [1.807, 2.05) is 4.90 Å². The number of hydrogen-bond acceptors (Lipinski definition) is 5. The van der Waals surface area contributed by atoms with E-state index in [0.717, 1.165) is 63.9 Å². The summed E-state index contributed by atoms with van der Waals surface area (Å²) in [7, 11) is 1.74. The maximum Gasteiger partial charge on any atom is 0.417 e. The number of nitrogens with one attached hydrogen (secondary N) is 2. The van der Waals surface area contributed by atoms with Gasteiger partial charge in [0.1, 0.15) is 5.82 Å². The van der Waals surface area contributed by atoms with Gasteiger partial charge in [-0.1, -0.05) is 11.6 Å². The number of aromatic nitrogens is 1. The molecule has 0 spiro atoms. The van der Waals surface area contributed by atoms with Crippen molar-refractivity contribution in [3.05, 3.63) is 22.8 Å². The summed E-state index contributed by atoms with van der Waals surface area (Å²) in [5.41, 5.74) is -0.835. The summed E-state index contributed by atoms with van der Waals surface area (Å²) >= 11 is 6.09. The van der Waals surface area contributed by atoms with Crippen LogP contribution in [0.25, 0.3) is 0 Å². The van der Waals surface area contributed by atoms with E-state index in [9.17, 15) is 13.2 Å². The van der Waals surface area contributed by atoms with Crippen LogP contribution in [0.4, 0.5) is 19.0 Å². The first-order valence-electron chi connectivity index (χ1n) is 10.2. The lowest BCUT2D eigenvalue weighted by atomic mass is 10.1. The second-order valence-corrected chi connectivity index (χ2v) is 8.45. The van der Waals surface area contributed by atoms with Crippen LogP contribution in [0, 0.1) is 0 Å². The van der Waals surface area contributed by atoms with E-state index in [4.69, 9.17) is 11.6 Å². The molecule has 0 amide bonds. The summed E-state index contributed by atoms with van der Waals surface area (Å²) in [5, 5.41) is 6.86. The Balaban J connectivity index is 0.00000272. The minimum atomic E-state index is -4.45. The summed E-state index contributed by atoms with van der Waals surface area (Å²) in [6, 6.07) is 1.54. The van der Waals surface area contributed by atoms with E-state index < -0.39 is 11.7 Å². The number of anilines is 1. The Morgan fingerprint density at radius 3 is 2.55 bits per heavy atom. The second kappa shape index (κ2) is 10.3. The molecule has 5 rings (SSSR count). The smallest absolute Gasteiger partial charge is 0.355 e. The summed E-state index contributed by atoms with van der Waals surface area (Å²) in [5.74, 6) is 1.13. The van der Waals surface area contributed by atoms with Crippen LogP contribution in [-0.4, -0.2) is 92.2 Å². The number of alkyl halides is 3. The molecule has 5 heterocycles. The topological polar surface area (TPSA) is 59.0 Å². The molecule has 0 saturated carbocycles. The lowest BCUT2D eigenvalue weighted by Crippen LogP contribution is -2.64. The zero-order valence-corrected chi connectivity index (χ0v) is 20.4. The third kappa shape index (κ3) is 5.85. The van der Waals surface area contributed by atoms with Gasteiger partial charge in [0.15, 0.2) is 5.96 Å². The van der Waals surface area contributed by atoms with Crippen molar-refractivity contribution >= 4 is 47.4 Å². The van der Waals surface area contributed by atoms with Crippen LogP contribution in [0.15, 0.2) is 17.3 Å². The highest BCUT2D eigenvalue weighted by Gasteiger charge is 2.34. The van der Waals surface area contributed by atoms with Gasteiger partial charge in [-0.3, -0.25) is 14.8 Å². The zero-order chi connectivity index (χ0) is 21.3. The van der Waals surface area contributed by atoms with E-state index in [0.29, 0.717) is 24.9 Å². The number of hydrogen-bond donors (Lipinski definition) is 2. The van der Waals surface area contributed by atoms with Gasteiger partial charge in [-0.05, 0) is 12.5 Å². The molecule has 4 aliphatic heterocycles. The van der Waals surface area contributed by atoms with Crippen LogP contribution in [0.3, 0.4) is 0 Å². The molecule has 2 N–H and O–H groups in total. The summed E-state index contributed by atoms with van der Waals surface area (Å²) < 4.78 is 38.5. The first kappa shape index (κ1) is 24.6. The van der Waals surface area contributed by atoms with Gasteiger partial charge in [0.05, 0.1) is 10.6 Å². The number of nitrogens with zero attached hydrogens (tertiary/aromatic N) is 5. The fraction of sp³-hybridized carbons (Fsp3) is 0.684. The highest BCUT2D eigenvalue weighted by atomic mass is 127. The van der Waals surface area contributed by atoms with Crippen molar-refractivity contribution in [2.45, 2.75) is 24.7 Å². The Kier molecular flexibility index (Phi) is 8.14. The highest BCUT2D eigenvalue weighted by Crippen LogP contribution is 2.34. The van der Waals surface area contributed by atoms with Gasteiger partial charge in [-0.25, -0.2) is 4.98 Å². The van der Waals surface area contributed by atoms with E-state index >= 15 is 0 Å². The number of guanidine groups is 1. The molecule has 0 aliphatic carbocycles. The number of piperazine rings is 3. The van der Waals surface area contributed by atoms with Crippen LogP contribution in [0.1, 0.15) is 12.0 Å². The van der Waals surface area contributed by atoms with Crippen molar-refractivity contribution in [2.24, 2.45) is 4.99 Å². The maximum absolute atomic E-state index is 12.8. The average molecular weight is 574 g/mol. The predicted octanol–water partition coefficient (Wildman–Crippen LogP) is 2.12. The van der Waals surface area contributed by atoms with Crippen LogP contribution < -0.4 is 15.5 Å². The quantitative estimate of drug-likeness (QED) is 0.327. The third-order valence-corrected chi connectivity index (χ3v) is 6.38. The lowest BCUT2D eigenvalue weighted by molar-refractivity contribution is -0.137. The molecule has 7 nitrogen and oxygen atoms in total. The van der Waals surface area contributed by atoms with Gasteiger partial charge in [0, 0.05) is 77.7 Å². The Morgan fingerprint density at radius 2 is 1.97 bits per heavy atom. The monoisotopic (exact) mass is 573 g/mol. The summed E-state index contributed by atoms with van der Waals surface area (Å²) in [6.45, 7) is 7.73. The number of aliphatic imine (C=N–C) groups is 1. The molecule has 174 valence electrons. The predicted molar refractivity (Wildman–Crippen MR) is 127 cm³/mol. The SMILES string of the molecule is CN=C(NCC1CN2CCN1CC2)NC1CCN(c2ncc(C(F)(F)F)cc2Cl)C1.I. The average Bonchev–Trinajstić information content (AvgIpc) is 3.19. The van der Waals surface area contributed by atoms with E-state index in [1.54, 1.807) is 7.05 Å². The number of halogens is 5. The molecular formula is C19H28ClF3IN7. The van der Waals surface area contributed by atoms with Crippen LogP contribution in [-0.2, 0) is 6.18 Å². The van der Waals surface area contributed by atoms with Crippen molar-refractivity contribution in [1.82, 2.24) is 25.4 Å². The molecule has 4 fully saturated rings. The van der Waals surface area contributed by atoms with Crippen molar-refractivity contribution in [3.8, 4) is 0 Å². The van der Waals surface area contributed by atoms with Gasteiger partial charge >= 0.3 is 6.18 Å². The standard InChI is InChI=1S/C19H27ClF3N7.HI/c1-24-18(26-10-15-12-28-4-6-29(15)7-5-28)27-14-2-3-30(11-14)17-16(20)8-13(9-25-17)19(21,22)23;/h8-9,14-15H,2-7,10-12H2,1H3,(H2,24,26,27);1H.